The number of hydrogen-bond acceptors (Lipinski definition) is 4. The minimum Gasteiger partial charge on any atom is -0.444 e. The molecule has 0 aliphatic carbocycles. The van der Waals surface area contributed by atoms with Gasteiger partial charge < -0.3 is 9.47 Å². The van der Waals surface area contributed by atoms with Crippen molar-refractivity contribution in [3.63, 3.8) is 0 Å². The summed E-state index contributed by atoms with van der Waals surface area (Å²) in [5, 5.41) is 0. The van der Waals surface area contributed by atoms with Crippen molar-refractivity contribution in [3.8, 4) is 0 Å². The van der Waals surface area contributed by atoms with Crippen LogP contribution >= 0.6 is 0 Å². The first-order valence-electron chi connectivity index (χ1n) is 6.55. The highest BCUT2D eigenvalue weighted by atomic mass is 16.6. The van der Waals surface area contributed by atoms with E-state index in [2.05, 4.69) is 0 Å². The monoisotopic (exact) mass is 277 g/mol. The van der Waals surface area contributed by atoms with E-state index in [1.165, 1.54) is 4.90 Å². The number of nitrogens with zero attached hydrogens (tertiary/aromatic N) is 1. The molecule has 0 bridgehead atoms. The zero-order chi connectivity index (χ0) is 14.8. The van der Waals surface area contributed by atoms with Crippen molar-refractivity contribution in [2.24, 2.45) is 5.41 Å². The van der Waals surface area contributed by atoms with Crippen LogP contribution in [0.1, 0.15) is 26.3 Å². The summed E-state index contributed by atoms with van der Waals surface area (Å²) >= 11 is 0. The molecule has 5 heteroatoms. The molecule has 1 saturated heterocycles. The van der Waals surface area contributed by atoms with Crippen LogP contribution in [0.4, 0.5) is 4.79 Å². The van der Waals surface area contributed by atoms with Crippen LogP contribution in [0.3, 0.4) is 0 Å². The highest BCUT2D eigenvalue weighted by molar-refractivity contribution is 5.81. The summed E-state index contributed by atoms with van der Waals surface area (Å²) in [6, 6.07) is 9.40. The molecule has 2 rings (SSSR count). The largest absolute Gasteiger partial charge is 0.444 e. The second kappa shape index (κ2) is 5.53. The van der Waals surface area contributed by atoms with Gasteiger partial charge in [0.15, 0.2) is 6.23 Å². The molecule has 1 unspecified atom stereocenters. The predicted molar refractivity (Wildman–Crippen MR) is 72.7 cm³/mol. The van der Waals surface area contributed by atoms with Gasteiger partial charge in [0, 0.05) is 5.41 Å². The average molecular weight is 277 g/mol. The number of carbonyl (C=O) groups excluding carboxylic acids is 2. The van der Waals surface area contributed by atoms with Crippen LogP contribution in [0.15, 0.2) is 30.3 Å². The number of cyclic esters (lactones) is 1. The lowest BCUT2D eigenvalue weighted by atomic mass is 9.94. The number of rotatable bonds is 2. The highest BCUT2D eigenvalue weighted by Gasteiger charge is 2.43. The van der Waals surface area contributed by atoms with E-state index in [4.69, 9.17) is 9.47 Å². The number of carbonyl (C=O) groups is 2. The summed E-state index contributed by atoms with van der Waals surface area (Å²) in [4.78, 5) is 24.8. The number of esters is 1. The Hall–Kier alpha value is -2.04. The maximum Gasteiger partial charge on any atom is 0.413 e. The van der Waals surface area contributed by atoms with Gasteiger partial charge in [0.05, 0.1) is 0 Å². The third kappa shape index (κ3) is 3.29. The third-order valence-electron chi connectivity index (χ3n) is 3.01. The van der Waals surface area contributed by atoms with E-state index in [9.17, 15) is 9.59 Å². The Labute approximate surface area is 118 Å². The SMILES string of the molecule is CC(C)(C)C1OC(=O)CN1C(=O)OCc1ccccc1. The molecule has 1 aromatic carbocycles. The van der Waals surface area contributed by atoms with Gasteiger partial charge in [-0.05, 0) is 5.56 Å². The predicted octanol–water partition coefficient (Wildman–Crippen LogP) is 2.55. The highest BCUT2D eigenvalue weighted by Crippen LogP contribution is 2.29. The molecule has 5 nitrogen and oxygen atoms in total. The lowest BCUT2D eigenvalue weighted by Crippen LogP contribution is -2.44. The topological polar surface area (TPSA) is 55.8 Å². The standard InChI is InChI=1S/C15H19NO4/c1-15(2,3)13-16(9-12(17)20-13)14(18)19-10-11-7-5-4-6-8-11/h4-8,13H,9-10H2,1-3H3. The molecular weight excluding hydrogens is 258 g/mol. The zero-order valence-electron chi connectivity index (χ0n) is 12.0. The van der Waals surface area contributed by atoms with Gasteiger partial charge in [-0.2, -0.15) is 0 Å². The van der Waals surface area contributed by atoms with Gasteiger partial charge >= 0.3 is 12.1 Å². The van der Waals surface area contributed by atoms with E-state index < -0.39 is 18.3 Å². The molecule has 1 aromatic rings. The number of benzene rings is 1. The van der Waals surface area contributed by atoms with Gasteiger partial charge in [0.1, 0.15) is 13.2 Å². The third-order valence-corrected chi connectivity index (χ3v) is 3.01. The normalized spacial score (nSPS) is 18.9. The van der Waals surface area contributed by atoms with Crippen molar-refractivity contribution >= 4 is 12.1 Å². The van der Waals surface area contributed by atoms with Crippen LogP contribution in [0.2, 0.25) is 0 Å². The lowest BCUT2D eigenvalue weighted by molar-refractivity contribution is -0.146. The van der Waals surface area contributed by atoms with E-state index in [-0.39, 0.29) is 18.6 Å². The number of ether oxygens (including phenoxy) is 2. The van der Waals surface area contributed by atoms with Crippen LogP contribution in [0.5, 0.6) is 0 Å². The van der Waals surface area contributed by atoms with Crippen LogP contribution < -0.4 is 0 Å². The zero-order valence-corrected chi connectivity index (χ0v) is 12.0. The Morgan fingerprint density at radius 2 is 2.00 bits per heavy atom. The fourth-order valence-corrected chi connectivity index (χ4v) is 2.05. The minimum absolute atomic E-state index is 0.0600. The fraction of sp³-hybridized carbons (Fsp3) is 0.467. The molecule has 0 spiro atoms. The van der Waals surface area contributed by atoms with Crippen LogP contribution in [0, 0.1) is 5.41 Å². The van der Waals surface area contributed by atoms with E-state index in [1.807, 2.05) is 51.1 Å². The first-order valence-corrected chi connectivity index (χ1v) is 6.55. The minimum atomic E-state index is -0.585. The summed E-state index contributed by atoms with van der Waals surface area (Å²) in [6.07, 6.45) is -1.11. The van der Waals surface area contributed by atoms with Gasteiger partial charge in [-0.3, -0.25) is 9.69 Å². The smallest absolute Gasteiger partial charge is 0.413 e. The average Bonchev–Trinajstić information content (AvgIpc) is 2.79. The second-order valence-corrected chi connectivity index (χ2v) is 5.88. The first kappa shape index (κ1) is 14.4. The summed E-state index contributed by atoms with van der Waals surface area (Å²) in [6.45, 7) is 5.85. The molecule has 1 aliphatic rings. The van der Waals surface area contributed by atoms with Crippen molar-refractivity contribution in [1.29, 1.82) is 0 Å². The van der Waals surface area contributed by atoms with Crippen LogP contribution in [-0.2, 0) is 20.9 Å². The van der Waals surface area contributed by atoms with Crippen molar-refractivity contribution in [2.75, 3.05) is 6.54 Å². The Morgan fingerprint density at radius 3 is 2.60 bits per heavy atom. The Balaban J connectivity index is 1.99. The second-order valence-electron chi connectivity index (χ2n) is 5.88. The molecule has 0 radical (unpaired) electrons. The van der Waals surface area contributed by atoms with Gasteiger partial charge in [-0.15, -0.1) is 0 Å². The van der Waals surface area contributed by atoms with Crippen molar-refractivity contribution in [3.05, 3.63) is 35.9 Å². The van der Waals surface area contributed by atoms with Gasteiger partial charge in [-0.1, -0.05) is 51.1 Å². The van der Waals surface area contributed by atoms with E-state index in [0.29, 0.717) is 0 Å². The van der Waals surface area contributed by atoms with Crippen molar-refractivity contribution < 1.29 is 19.1 Å². The van der Waals surface area contributed by atoms with Crippen LogP contribution in [-0.4, -0.2) is 29.7 Å². The van der Waals surface area contributed by atoms with Gasteiger partial charge in [0.2, 0.25) is 0 Å². The maximum atomic E-state index is 12.1. The molecule has 1 aliphatic heterocycles. The molecular formula is C15H19NO4. The van der Waals surface area contributed by atoms with Crippen LogP contribution in [0.25, 0.3) is 0 Å². The van der Waals surface area contributed by atoms with E-state index >= 15 is 0 Å². The molecule has 1 heterocycles. The summed E-state index contributed by atoms with van der Waals surface area (Å²) in [7, 11) is 0. The number of amides is 1. The molecule has 1 atom stereocenters. The van der Waals surface area contributed by atoms with E-state index in [1.54, 1.807) is 0 Å². The number of hydrogen-bond donors (Lipinski definition) is 0. The summed E-state index contributed by atoms with van der Waals surface area (Å²) in [5.41, 5.74) is 0.553. The first-order chi connectivity index (χ1) is 9.38. The molecule has 0 N–H and O–H groups in total. The summed E-state index contributed by atoms with van der Waals surface area (Å²) < 4.78 is 10.4. The van der Waals surface area contributed by atoms with E-state index in [0.717, 1.165) is 5.56 Å². The maximum absolute atomic E-state index is 12.1. The molecule has 1 fully saturated rings. The molecule has 20 heavy (non-hydrogen) atoms. The Bertz CT molecular complexity index is 492. The molecule has 0 aromatic heterocycles. The Kier molecular flexibility index (Phi) is 3.97. The molecule has 0 saturated carbocycles. The lowest BCUT2D eigenvalue weighted by Gasteiger charge is -2.31. The quantitative estimate of drug-likeness (QED) is 0.780. The van der Waals surface area contributed by atoms with Crippen molar-refractivity contribution in [2.45, 2.75) is 33.6 Å². The molecule has 108 valence electrons. The van der Waals surface area contributed by atoms with Crippen molar-refractivity contribution in [1.82, 2.24) is 4.90 Å². The van der Waals surface area contributed by atoms with Gasteiger partial charge in [0.25, 0.3) is 0 Å². The fourth-order valence-electron chi connectivity index (χ4n) is 2.05. The summed E-state index contributed by atoms with van der Waals surface area (Å²) in [5.74, 6) is -0.401. The Morgan fingerprint density at radius 1 is 1.35 bits per heavy atom. The molecule has 1 amide bonds. The van der Waals surface area contributed by atoms with Gasteiger partial charge in [-0.25, -0.2) is 4.79 Å².